The molecule has 0 unspecified atom stereocenters. The van der Waals surface area contributed by atoms with E-state index in [0.717, 1.165) is 38.7 Å². The van der Waals surface area contributed by atoms with Crippen LogP contribution in [0.15, 0.2) is 58.2 Å². The van der Waals surface area contributed by atoms with E-state index in [1.807, 2.05) is 42.0 Å². The first-order chi connectivity index (χ1) is 14.0. The van der Waals surface area contributed by atoms with E-state index < -0.39 is 0 Å². The van der Waals surface area contributed by atoms with Crippen molar-refractivity contribution in [3.05, 3.63) is 70.3 Å². The van der Waals surface area contributed by atoms with Crippen LogP contribution in [0.4, 0.5) is 0 Å². The first kappa shape index (κ1) is 19.9. The normalized spacial score (nSPS) is 11.3. The number of methoxy groups -OCH3 is 1. The van der Waals surface area contributed by atoms with Gasteiger partial charge in [0.1, 0.15) is 17.3 Å². The summed E-state index contributed by atoms with van der Waals surface area (Å²) in [6.45, 7) is 2.54. The molecule has 1 N–H and O–H groups in total. The van der Waals surface area contributed by atoms with E-state index in [4.69, 9.17) is 4.74 Å². The lowest BCUT2D eigenvalue weighted by atomic mass is 10.1. The number of halogens is 1. The number of ether oxygens (including phenoxy) is 1. The molecule has 0 spiro atoms. The number of imidazole rings is 1. The molecule has 2 aromatic heterocycles. The van der Waals surface area contributed by atoms with Gasteiger partial charge in [-0.2, -0.15) is 0 Å². The maximum absolute atomic E-state index is 10.7. The summed E-state index contributed by atoms with van der Waals surface area (Å²) < 4.78 is 10.3. The van der Waals surface area contributed by atoms with Gasteiger partial charge in [-0.15, -0.1) is 11.8 Å². The number of aromatic hydroxyl groups is 1. The Kier molecular flexibility index (Phi) is 5.61. The van der Waals surface area contributed by atoms with Crippen LogP contribution >= 0.6 is 27.7 Å². The predicted molar refractivity (Wildman–Crippen MR) is 121 cm³/mol. The summed E-state index contributed by atoms with van der Waals surface area (Å²) in [5, 5.41) is 11.8. The van der Waals surface area contributed by atoms with Crippen LogP contribution in [0.5, 0.6) is 11.5 Å². The number of aromatic nitrogens is 3. The second-order valence-corrected chi connectivity index (χ2v) is 8.79. The van der Waals surface area contributed by atoms with Crippen molar-refractivity contribution in [1.82, 2.24) is 14.1 Å². The molecule has 2 heterocycles. The Balaban J connectivity index is 1.70. The summed E-state index contributed by atoms with van der Waals surface area (Å²) in [7, 11) is 3.75. The number of nitrogens with zero attached hydrogens (tertiary/aromatic N) is 3. The number of hydrogen-bond acceptors (Lipinski definition) is 4. The lowest BCUT2D eigenvalue weighted by Crippen LogP contribution is -2.02. The van der Waals surface area contributed by atoms with Crippen molar-refractivity contribution in [2.24, 2.45) is 7.05 Å². The van der Waals surface area contributed by atoms with Crippen molar-refractivity contribution in [3.63, 3.8) is 0 Å². The Labute approximate surface area is 182 Å². The zero-order valence-corrected chi connectivity index (χ0v) is 18.9. The number of thioether (sulfide) groups is 1. The fourth-order valence-corrected chi connectivity index (χ4v) is 4.86. The number of fused-ring (bicyclic) bond motifs is 1. The van der Waals surface area contributed by atoms with E-state index >= 15 is 0 Å². The highest BCUT2D eigenvalue weighted by Crippen LogP contribution is 2.38. The van der Waals surface area contributed by atoms with Crippen LogP contribution in [0.2, 0.25) is 0 Å². The minimum Gasteiger partial charge on any atom is -0.506 e. The molecule has 4 aromatic rings. The smallest absolute Gasteiger partial charge is 0.135 e. The van der Waals surface area contributed by atoms with Gasteiger partial charge in [0, 0.05) is 52.3 Å². The highest BCUT2D eigenvalue weighted by molar-refractivity contribution is 9.10. The zero-order valence-electron chi connectivity index (χ0n) is 16.5. The fraction of sp³-hybridized carbons (Fsp3) is 0.227. The van der Waals surface area contributed by atoms with E-state index in [-0.39, 0.29) is 5.75 Å². The average Bonchev–Trinajstić information content (AvgIpc) is 3.27. The van der Waals surface area contributed by atoms with Crippen LogP contribution in [-0.4, -0.2) is 26.3 Å². The largest absolute Gasteiger partial charge is 0.506 e. The Hall–Kier alpha value is -2.38. The van der Waals surface area contributed by atoms with Crippen LogP contribution < -0.4 is 4.74 Å². The Morgan fingerprint density at radius 1 is 1.24 bits per heavy atom. The topological polar surface area (TPSA) is 52.2 Å². The molecular weight excluding hydrogens is 450 g/mol. The van der Waals surface area contributed by atoms with Gasteiger partial charge in [-0.1, -0.05) is 6.07 Å². The van der Waals surface area contributed by atoms with Crippen molar-refractivity contribution in [2.45, 2.75) is 24.1 Å². The van der Waals surface area contributed by atoms with Crippen molar-refractivity contribution in [2.75, 3.05) is 7.11 Å². The molecule has 0 saturated carbocycles. The third-order valence-corrected chi connectivity index (χ3v) is 6.79. The summed E-state index contributed by atoms with van der Waals surface area (Å²) in [4.78, 5) is 5.46. The molecule has 0 amide bonds. The molecule has 5 nitrogen and oxygen atoms in total. The quantitative estimate of drug-likeness (QED) is 0.377. The molecule has 7 heteroatoms. The monoisotopic (exact) mass is 471 g/mol. The van der Waals surface area contributed by atoms with Crippen LogP contribution in [0.1, 0.15) is 17.1 Å². The van der Waals surface area contributed by atoms with Crippen molar-refractivity contribution in [3.8, 4) is 11.5 Å². The molecule has 29 heavy (non-hydrogen) atoms. The molecule has 150 valence electrons. The minimum absolute atomic E-state index is 0.281. The number of aryl methyl sites for hydroxylation is 2. The van der Waals surface area contributed by atoms with E-state index in [1.54, 1.807) is 25.1 Å². The maximum atomic E-state index is 10.7. The van der Waals surface area contributed by atoms with E-state index in [1.165, 1.54) is 5.69 Å². The van der Waals surface area contributed by atoms with Gasteiger partial charge >= 0.3 is 0 Å². The highest BCUT2D eigenvalue weighted by atomic mass is 79.9. The van der Waals surface area contributed by atoms with Crippen molar-refractivity contribution >= 4 is 38.6 Å². The molecule has 2 aromatic carbocycles. The number of hydrogen-bond donors (Lipinski definition) is 1. The molecule has 0 saturated heterocycles. The first-order valence-corrected chi connectivity index (χ1v) is 11.0. The second kappa shape index (κ2) is 8.16. The average molecular weight is 472 g/mol. The Bertz CT molecular complexity index is 1180. The van der Waals surface area contributed by atoms with Gasteiger partial charge in [-0.3, -0.25) is 0 Å². The van der Waals surface area contributed by atoms with E-state index in [2.05, 4.69) is 44.7 Å². The minimum atomic E-state index is 0.281. The molecule has 0 atom stereocenters. The zero-order chi connectivity index (χ0) is 20.5. The third kappa shape index (κ3) is 3.89. The molecule has 0 fully saturated rings. The maximum Gasteiger partial charge on any atom is 0.135 e. The van der Waals surface area contributed by atoms with Crippen molar-refractivity contribution in [1.29, 1.82) is 0 Å². The fourth-order valence-electron chi connectivity index (χ4n) is 3.44. The Morgan fingerprint density at radius 3 is 2.79 bits per heavy atom. The number of benzene rings is 2. The summed E-state index contributed by atoms with van der Waals surface area (Å²) in [6.07, 6.45) is 3.72. The van der Waals surface area contributed by atoms with Gasteiger partial charge in [0.2, 0.25) is 0 Å². The lowest BCUT2D eigenvalue weighted by molar-refractivity contribution is 0.413. The summed E-state index contributed by atoms with van der Waals surface area (Å²) in [5.41, 5.74) is 3.17. The van der Waals surface area contributed by atoms with Crippen LogP contribution in [0, 0.1) is 6.92 Å². The summed E-state index contributed by atoms with van der Waals surface area (Å²) in [6, 6.07) is 12.2. The molecular formula is C22H22BrN3O2S. The molecule has 0 aliphatic carbocycles. The molecule has 4 rings (SSSR count). The standard InChI is InChI=1S/C22H22BrN3O2S/c1-14-24-7-8-26(14)12-19-18-9-15(25(2)21(18)11-20(23)22(19)27)13-29-17-6-4-5-16(10-17)28-3/h4-11,27H,12-13H2,1-3H3. The van der Waals surface area contributed by atoms with Crippen LogP contribution in [0.3, 0.4) is 0 Å². The number of phenolic OH excluding ortho intramolecular Hbond substituents is 1. The number of phenols is 1. The second-order valence-electron chi connectivity index (χ2n) is 6.88. The van der Waals surface area contributed by atoms with Crippen LogP contribution in [0.25, 0.3) is 10.9 Å². The molecule has 0 aliphatic heterocycles. The molecule has 0 aliphatic rings. The highest BCUT2D eigenvalue weighted by Gasteiger charge is 2.17. The molecule has 0 bridgehead atoms. The predicted octanol–water partition coefficient (Wildman–Crippen LogP) is 5.50. The van der Waals surface area contributed by atoms with Gasteiger partial charge < -0.3 is 19.0 Å². The van der Waals surface area contributed by atoms with E-state index in [9.17, 15) is 5.11 Å². The van der Waals surface area contributed by atoms with E-state index in [0.29, 0.717) is 11.0 Å². The van der Waals surface area contributed by atoms with Crippen LogP contribution in [-0.2, 0) is 19.3 Å². The van der Waals surface area contributed by atoms with Gasteiger partial charge in [0.25, 0.3) is 0 Å². The van der Waals surface area contributed by atoms with Gasteiger partial charge in [0.15, 0.2) is 0 Å². The summed E-state index contributed by atoms with van der Waals surface area (Å²) >= 11 is 5.28. The van der Waals surface area contributed by atoms with Crippen molar-refractivity contribution < 1.29 is 9.84 Å². The summed E-state index contributed by atoms with van der Waals surface area (Å²) in [5.74, 6) is 2.88. The Morgan fingerprint density at radius 2 is 2.07 bits per heavy atom. The lowest BCUT2D eigenvalue weighted by Gasteiger charge is -2.11. The third-order valence-electron chi connectivity index (χ3n) is 5.16. The first-order valence-electron chi connectivity index (χ1n) is 9.21. The molecule has 0 radical (unpaired) electrons. The van der Waals surface area contributed by atoms with Gasteiger partial charge in [0.05, 0.1) is 18.1 Å². The number of rotatable bonds is 6. The SMILES string of the molecule is COc1cccc(SCc2cc3c(Cn4ccnc4C)c(O)c(Br)cc3n2C)c1. The van der Waals surface area contributed by atoms with Gasteiger partial charge in [-0.05, 0) is 53.2 Å². The van der Waals surface area contributed by atoms with Gasteiger partial charge in [-0.25, -0.2) is 4.98 Å².